The average Bonchev–Trinajstić information content (AvgIpc) is 2.85. The van der Waals surface area contributed by atoms with Gasteiger partial charge in [0.15, 0.2) is 0 Å². The summed E-state index contributed by atoms with van der Waals surface area (Å²) in [7, 11) is 0. The van der Waals surface area contributed by atoms with Crippen LogP contribution in [-0.4, -0.2) is 41.6 Å². The molecule has 106 valence electrons. The molecule has 8 heteroatoms. The minimum absolute atomic E-state index is 0.0907. The van der Waals surface area contributed by atoms with Crippen LogP contribution in [0.25, 0.3) is 5.69 Å². The summed E-state index contributed by atoms with van der Waals surface area (Å²) in [6, 6.07) is 6.52. The number of hydrogen-bond acceptors (Lipinski definition) is 6. The van der Waals surface area contributed by atoms with Gasteiger partial charge in [-0.3, -0.25) is 4.79 Å². The smallest absolute Gasteiger partial charge is 0.303 e. The van der Waals surface area contributed by atoms with Crippen molar-refractivity contribution >= 4 is 17.7 Å². The molecular formula is C12H14N4O3S. The summed E-state index contributed by atoms with van der Waals surface area (Å²) in [6.07, 6.45) is 0.664. The van der Waals surface area contributed by atoms with Gasteiger partial charge < -0.3 is 10.2 Å². The highest BCUT2D eigenvalue weighted by atomic mass is 32.2. The third-order valence-corrected chi connectivity index (χ3v) is 3.71. The van der Waals surface area contributed by atoms with Gasteiger partial charge in [-0.15, -0.1) is 5.10 Å². The number of phenolic OH excluding ortho intramolecular Hbond substituents is 1. The Balaban J connectivity index is 2.08. The molecule has 2 aromatic rings. The van der Waals surface area contributed by atoms with Gasteiger partial charge in [0.1, 0.15) is 5.75 Å². The van der Waals surface area contributed by atoms with Gasteiger partial charge in [-0.25, -0.2) is 0 Å². The predicted molar refractivity (Wildman–Crippen MR) is 73.0 cm³/mol. The van der Waals surface area contributed by atoms with Crippen LogP contribution in [0.2, 0.25) is 0 Å². The van der Waals surface area contributed by atoms with Gasteiger partial charge in [-0.2, -0.15) is 4.68 Å². The van der Waals surface area contributed by atoms with E-state index in [1.54, 1.807) is 28.9 Å². The molecule has 0 amide bonds. The number of hydrogen-bond donors (Lipinski definition) is 2. The number of carbonyl (C=O) groups is 1. The Kier molecular flexibility index (Phi) is 4.57. The molecule has 1 unspecified atom stereocenters. The zero-order valence-electron chi connectivity index (χ0n) is 10.8. The predicted octanol–water partition coefficient (Wildman–Crippen LogP) is 1.71. The molecule has 2 N–H and O–H groups in total. The molecule has 0 aliphatic rings. The Morgan fingerprint density at radius 2 is 2.10 bits per heavy atom. The number of nitrogens with zero attached hydrogens (tertiary/aromatic N) is 4. The second-order valence-corrected chi connectivity index (χ2v) is 5.66. The molecule has 1 aromatic heterocycles. The summed E-state index contributed by atoms with van der Waals surface area (Å²) in [5, 5.41) is 30.1. The third-order valence-electron chi connectivity index (χ3n) is 2.61. The van der Waals surface area contributed by atoms with E-state index in [2.05, 4.69) is 15.5 Å². The quantitative estimate of drug-likeness (QED) is 0.782. The molecule has 0 aliphatic heterocycles. The van der Waals surface area contributed by atoms with Crippen molar-refractivity contribution in [1.82, 2.24) is 20.2 Å². The van der Waals surface area contributed by atoms with E-state index in [4.69, 9.17) is 5.11 Å². The molecule has 20 heavy (non-hydrogen) atoms. The summed E-state index contributed by atoms with van der Waals surface area (Å²) in [4.78, 5) is 10.5. The fourth-order valence-electron chi connectivity index (χ4n) is 1.57. The van der Waals surface area contributed by atoms with Crippen LogP contribution < -0.4 is 0 Å². The summed E-state index contributed by atoms with van der Waals surface area (Å²) in [5.74, 6) is -0.638. The van der Waals surface area contributed by atoms with Crippen molar-refractivity contribution < 1.29 is 15.0 Å². The van der Waals surface area contributed by atoms with E-state index in [9.17, 15) is 9.90 Å². The van der Waals surface area contributed by atoms with Crippen LogP contribution >= 0.6 is 11.8 Å². The number of phenols is 1. The molecule has 1 heterocycles. The maximum Gasteiger partial charge on any atom is 0.303 e. The lowest BCUT2D eigenvalue weighted by Crippen LogP contribution is -2.05. The molecule has 0 saturated heterocycles. The Labute approximate surface area is 119 Å². The zero-order valence-corrected chi connectivity index (χ0v) is 11.6. The van der Waals surface area contributed by atoms with Crippen LogP contribution in [0.5, 0.6) is 5.75 Å². The van der Waals surface area contributed by atoms with Gasteiger partial charge in [0, 0.05) is 11.7 Å². The van der Waals surface area contributed by atoms with Crippen molar-refractivity contribution in [2.24, 2.45) is 0 Å². The maximum absolute atomic E-state index is 10.5. The molecule has 0 fully saturated rings. The highest BCUT2D eigenvalue weighted by Crippen LogP contribution is 2.25. The first-order valence-electron chi connectivity index (χ1n) is 6.02. The van der Waals surface area contributed by atoms with Gasteiger partial charge in [0.05, 0.1) is 5.69 Å². The number of rotatable bonds is 6. The average molecular weight is 294 g/mol. The van der Waals surface area contributed by atoms with Crippen molar-refractivity contribution in [3.05, 3.63) is 24.3 Å². The second kappa shape index (κ2) is 6.38. The number of carboxylic acid groups (broad SMARTS) is 1. The molecule has 0 spiro atoms. The third kappa shape index (κ3) is 3.70. The standard InChI is InChI=1S/C12H14N4O3S/c1-8(2-7-11(18)19)20-12-13-14-15-16(12)9-3-5-10(17)6-4-9/h3-6,8,17H,2,7H2,1H3,(H,18,19). The lowest BCUT2D eigenvalue weighted by atomic mass is 10.2. The van der Waals surface area contributed by atoms with Gasteiger partial charge >= 0.3 is 5.97 Å². The molecule has 1 aromatic carbocycles. The van der Waals surface area contributed by atoms with E-state index in [1.165, 1.54) is 11.8 Å². The summed E-state index contributed by atoms with van der Waals surface area (Å²) in [6.45, 7) is 1.93. The lowest BCUT2D eigenvalue weighted by Gasteiger charge is -2.09. The van der Waals surface area contributed by atoms with E-state index < -0.39 is 5.97 Å². The number of tetrazole rings is 1. The first-order valence-corrected chi connectivity index (χ1v) is 6.90. The summed E-state index contributed by atoms with van der Waals surface area (Å²) < 4.78 is 1.56. The topological polar surface area (TPSA) is 101 Å². The monoisotopic (exact) mass is 294 g/mol. The maximum atomic E-state index is 10.5. The van der Waals surface area contributed by atoms with E-state index >= 15 is 0 Å². The number of aromatic nitrogens is 4. The van der Waals surface area contributed by atoms with Crippen LogP contribution in [-0.2, 0) is 4.79 Å². The molecule has 0 bridgehead atoms. The van der Waals surface area contributed by atoms with Crippen molar-refractivity contribution in [3.63, 3.8) is 0 Å². The lowest BCUT2D eigenvalue weighted by molar-refractivity contribution is -0.137. The van der Waals surface area contributed by atoms with Gasteiger partial charge in [-0.1, -0.05) is 18.7 Å². The summed E-state index contributed by atoms with van der Waals surface area (Å²) in [5.41, 5.74) is 0.737. The Bertz CT molecular complexity index is 585. The number of aromatic hydroxyl groups is 1. The fourth-order valence-corrected chi connectivity index (χ4v) is 2.49. The zero-order chi connectivity index (χ0) is 14.5. The van der Waals surface area contributed by atoms with Crippen molar-refractivity contribution in [2.45, 2.75) is 30.2 Å². The molecular weight excluding hydrogens is 280 g/mol. The minimum Gasteiger partial charge on any atom is -0.508 e. The van der Waals surface area contributed by atoms with E-state index in [0.717, 1.165) is 5.69 Å². The number of aliphatic carboxylic acids is 1. The number of benzene rings is 1. The number of thioether (sulfide) groups is 1. The van der Waals surface area contributed by atoms with Gasteiger partial charge in [0.2, 0.25) is 5.16 Å². The SMILES string of the molecule is CC(CCC(=O)O)Sc1nnnn1-c1ccc(O)cc1. The molecule has 0 aliphatic carbocycles. The first-order chi connectivity index (χ1) is 9.56. The molecule has 0 saturated carbocycles. The fraction of sp³-hybridized carbons (Fsp3) is 0.333. The largest absolute Gasteiger partial charge is 0.508 e. The van der Waals surface area contributed by atoms with Crippen LogP contribution in [0.4, 0.5) is 0 Å². The number of carboxylic acids is 1. The molecule has 1 atom stereocenters. The molecule has 0 radical (unpaired) electrons. The second-order valence-electron chi connectivity index (χ2n) is 4.25. The molecule has 2 rings (SSSR count). The summed E-state index contributed by atoms with van der Waals surface area (Å²) >= 11 is 1.42. The van der Waals surface area contributed by atoms with Crippen LogP contribution in [0.1, 0.15) is 19.8 Å². The van der Waals surface area contributed by atoms with Crippen molar-refractivity contribution in [3.8, 4) is 11.4 Å². The Hall–Kier alpha value is -2.09. The van der Waals surface area contributed by atoms with Crippen LogP contribution in [0, 0.1) is 0 Å². The normalized spacial score (nSPS) is 12.2. The minimum atomic E-state index is -0.810. The first kappa shape index (κ1) is 14.3. The van der Waals surface area contributed by atoms with E-state index in [-0.39, 0.29) is 17.4 Å². The highest BCUT2D eigenvalue weighted by Gasteiger charge is 2.14. The highest BCUT2D eigenvalue weighted by molar-refractivity contribution is 7.99. The van der Waals surface area contributed by atoms with Crippen molar-refractivity contribution in [1.29, 1.82) is 0 Å². The Morgan fingerprint density at radius 3 is 2.75 bits per heavy atom. The van der Waals surface area contributed by atoms with Crippen LogP contribution in [0.15, 0.2) is 29.4 Å². The molecule has 7 nitrogen and oxygen atoms in total. The van der Waals surface area contributed by atoms with Gasteiger partial charge in [0.25, 0.3) is 0 Å². The van der Waals surface area contributed by atoms with Crippen LogP contribution in [0.3, 0.4) is 0 Å². The van der Waals surface area contributed by atoms with E-state index in [0.29, 0.717) is 11.6 Å². The van der Waals surface area contributed by atoms with E-state index in [1.807, 2.05) is 6.92 Å². The van der Waals surface area contributed by atoms with Gasteiger partial charge in [-0.05, 0) is 41.1 Å². The Morgan fingerprint density at radius 1 is 1.40 bits per heavy atom. The van der Waals surface area contributed by atoms with Crippen molar-refractivity contribution in [2.75, 3.05) is 0 Å².